The smallest absolute Gasteiger partial charge is 0.355 e. The molecule has 0 aliphatic heterocycles. The Kier molecular flexibility index (Phi) is 5.62. The van der Waals surface area contributed by atoms with Gasteiger partial charge in [0.1, 0.15) is 5.69 Å². The zero-order valence-electron chi connectivity index (χ0n) is 15.2. The number of hydrogen-bond donors (Lipinski definition) is 1. The molecule has 6 nitrogen and oxygen atoms in total. The van der Waals surface area contributed by atoms with Crippen molar-refractivity contribution in [1.29, 1.82) is 0 Å². The van der Waals surface area contributed by atoms with Crippen molar-refractivity contribution in [3.8, 4) is 0 Å². The van der Waals surface area contributed by atoms with E-state index in [1.165, 1.54) is 6.92 Å². The van der Waals surface area contributed by atoms with Crippen molar-refractivity contribution in [2.24, 2.45) is 0 Å². The third-order valence-corrected chi connectivity index (χ3v) is 3.97. The average Bonchev–Trinajstić information content (AvgIpc) is 2.53. The van der Waals surface area contributed by atoms with E-state index < -0.39 is 12.1 Å². The number of esters is 1. The van der Waals surface area contributed by atoms with Gasteiger partial charge < -0.3 is 14.6 Å². The van der Waals surface area contributed by atoms with E-state index in [9.17, 15) is 14.4 Å². The molecule has 0 unspecified atom stereocenters. The van der Waals surface area contributed by atoms with Crippen LogP contribution >= 0.6 is 0 Å². The van der Waals surface area contributed by atoms with Gasteiger partial charge in [0.2, 0.25) is 0 Å². The van der Waals surface area contributed by atoms with Gasteiger partial charge in [0, 0.05) is 17.5 Å². The van der Waals surface area contributed by atoms with Crippen molar-refractivity contribution in [2.75, 3.05) is 0 Å². The molecular formula is C19H24N2O4. The monoisotopic (exact) mass is 344 g/mol. The third-order valence-electron chi connectivity index (χ3n) is 3.97. The van der Waals surface area contributed by atoms with Gasteiger partial charge in [-0.05, 0) is 52.1 Å². The number of H-pyrrole nitrogens is 1. The minimum atomic E-state index is -0.938. The summed E-state index contributed by atoms with van der Waals surface area (Å²) in [6.45, 7) is 9.18. The molecule has 0 aliphatic rings. The predicted molar refractivity (Wildman–Crippen MR) is 96.6 cm³/mol. The van der Waals surface area contributed by atoms with E-state index >= 15 is 0 Å². The number of carbonyl (C=O) groups is 2. The molecule has 0 radical (unpaired) electrons. The molecule has 6 heteroatoms. The van der Waals surface area contributed by atoms with E-state index in [1.807, 2.05) is 27.7 Å². The van der Waals surface area contributed by atoms with Crippen LogP contribution in [0.3, 0.4) is 0 Å². The molecule has 134 valence electrons. The fourth-order valence-corrected chi connectivity index (χ4v) is 2.91. The number of carbonyl (C=O) groups excluding carboxylic acids is 2. The summed E-state index contributed by atoms with van der Waals surface area (Å²) < 4.78 is 5.28. The van der Waals surface area contributed by atoms with E-state index in [4.69, 9.17) is 4.74 Å². The van der Waals surface area contributed by atoms with Crippen LogP contribution in [-0.2, 0) is 9.53 Å². The Hall–Kier alpha value is -2.63. The molecule has 25 heavy (non-hydrogen) atoms. The average molecular weight is 344 g/mol. The lowest BCUT2D eigenvalue weighted by molar-refractivity contribution is -0.143. The molecule has 0 bridgehead atoms. The van der Waals surface area contributed by atoms with Crippen LogP contribution in [0.5, 0.6) is 0 Å². The molecule has 2 rings (SSSR count). The number of aromatic nitrogens is 1. The summed E-state index contributed by atoms with van der Waals surface area (Å²) in [7, 11) is 0. The van der Waals surface area contributed by atoms with Crippen molar-refractivity contribution in [3.63, 3.8) is 0 Å². The SMILES string of the molecule is CC(C)N(C(=O)[C@@H](C)OC(=O)c1cc2ccccc2c(=O)[nH]1)C(C)C. The maximum atomic E-state index is 12.5. The van der Waals surface area contributed by atoms with Crippen LogP contribution < -0.4 is 5.56 Å². The molecule has 1 atom stereocenters. The number of amides is 1. The number of hydrogen-bond acceptors (Lipinski definition) is 4. The molecular weight excluding hydrogens is 320 g/mol. The van der Waals surface area contributed by atoms with Gasteiger partial charge in [-0.2, -0.15) is 0 Å². The largest absolute Gasteiger partial charge is 0.448 e. The lowest BCUT2D eigenvalue weighted by atomic mass is 10.1. The van der Waals surface area contributed by atoms with Gasteiger partial charge >= 0.3 is 5.97 Å². The van der Waals surface area contributed by atoms with Crippen molar-refractivity contribution in [3.05, 3.63) is 46.4 Å². The number of nitrogens with one attached hydrogen (secondary N) is 1. The summed E-state index contributed by atoms with van der Waals surface area (Å²) in [5.41, 5.74) is -0.334. The molecule has 2 aromatic rings. The summed E-state index contributed by atoms with van der Waals surface area (Å²) in [6.07, 6.45) is -0.938. The van der Waals surface area contributed by atoms with Crippen molar-refractivity contribution in [2.45, 2.75) is 52.8 Å². The highest BCUT2D eigenvalue weighted by Crippen LogP contribution is 2.13. The second-order valence-electron chi connectivity index (χ2n) is 6.58. The summed E-state index contributed by atoms with van der Waals surface area (Å²) in [4.78, 5) is 41.2. The molecule has 1 aromatic carbocycles. The van der Waals surface area contributed by atoms with E-state index in [0.29, 0.717) is 10.8 Å². The number of rotatable bonds is 5. The first-order valence-corrected chi connectivity index (χ1v) is 8.37. The fourth-order valence-electron chi connectivity index (χ4n) is 2.91. The normalized spacial score (nSPS) is 12.4. The van der Waals surface area contributed by atoms with Gasteiger partial charge in [-0.15, -0.1) is 0 Å². The third kappa shape index (κ3) is 4.07. The molecule has 1 aromatic heterocycles. The van der Waals surface area contributed by atoms with Crippen LogP contribution in [-0.4, -0.2) is 39.9 Å². The maximum Gasteiger partial charge on any atom is 0.355 e. The van der Waals surface area contributed by atoms with Gasteiger partial charge in [0.15, 0.2) is 6.10 Å². The van der Waals surface area contributed by atoms with Crippen LogP contribution in [0.15, 0.2) is 35.1 Å². The summed E-state index contributed by atoms with van der Waals surface area (Å²) in [5, 5.41) is 1.14. The van der Waals surface area contributed by atoms with Crippen molar-refractivity contribution in [1.82, 2.24) is 9.88 Å². The predicted octanol–water partition coefficient (Wildman–Crippen LogP) is 2.72. The van der Waals surface area contributed by atoms with Gasteiger partial charge in [-0.1, -0.05) is 18.2 Å². The van der Waals surface area contributed by atoms with E-state index in [0.717, 1.165) is 0 Å². The number of ether oxygens (including phenoxy) is 1. The van der Waals surface area contributed by atoms with Crippen LogP contribution in [0, 0.1) is 0 Å². The Labute approximate surface area is 146 Å². The zero-order valence-corrected chi connectivity index (χ0v) is 15.2. The van der Waals surface area contributed by atoms with E-state index in [-0.39, 0.29) is 29.2 Å². The Morgan fingerprint density at radius 1 is 1.04 bits per heavy atom. The van der Waals surface area contributed by atoms with Crippen LogP contribution in [0.2, 0.25) is 0 Å². The number of fused-ring (bicyclic) bond motifs is 1. The minimum absolute atomic E-state index is 0.00544. The Morgan fingerprint density at radius 3 is 2.24 bits per heavy atom. The number of aromatic amines is 1. The highest BCUT2D eigenvalue weighted by Gasteiger charge is 2.28. The quantitative estimate of drug-likeness (QED) is 0.846. The molecule has 0 aliphatic carbocycles. The maximum absolute atomic E-state index is 12.5. The first kappa shape index (κ1) is 18.7. The van der Waals surface area contributed by atoms with Gasteiger partial charge in [-0.25, -0.2) is 4.79 Å². The summed E-state index contributed by atoms with van der Waals surface area (Å²) in [5.74, 6) is -0.988. The second kappa shape index (κ2) is 7.51. The Bertz CT molecular complexity index is 831. The molecule has 1 N–H and O–H groups in total. The summed E-state index contributed by atoms with van der Waals surface area (Å²) >= 11 is 0. The van der Waals surface area contributed by atoms with Crippen molar-refractivity contribution < 1.29 is 14.3 Å². The van der Waals surface area contributed by atoms with Crippen LogP contribution in [0.1, 0.15) is 45.1 Å². The molecule has 0 fully saturated rings. The molecule has 1 amide bonds. The number of pyridine rings is 1. The lowest BCUT2D eigenvalue weighted by Gasteiger charge is -2.32. The topological polar surface area (TPSA) is 79.5 Å². The first-order chi connectivity index (χ1) is 11.7. The highest BCUT2D eigenvalue weighted by molar-refractivity contribution is 5.94. The van der Waals surface area contributed by atoms with E-state index in [2.05, 4.69) is 4.98 Å². The standard InChI is InChI=1S/C19H24N2O4/c1-11(2)21(12(3)4)18(23)13(5)25-19(24)16-10-14-8-6-7-9-15(14)17(22)20-16/h6-13H,1-5H3,(H,20,22)/t13-/m1/s1. The summed E-state index contributed by atoms with van der Waals surface area (Å²) in [6, 6.07) is 8.50. The number of nitrogens with zero attached hydrogens (tertiary/aromatic N) is 1. The van der Waals surface area contributed by atoms with Gasteiger partial charge in [-0.3, -0.25) is 9.59 Å². The van der Waals surface area contributed by atoms with Crippen LogP contribution in [0.4, 0.5) is 0 Å². The Morgan fingerprint density at radius 2 is 1.64 bits per heavy atom. The minimum Gasteiger partial charge on any atom is -0.448 e. The van der Waals surface area contributed by atoms with E-state index in [1.54, 1.807) is 35.2 Å². The lowest BCUT2D eigenvalue weighted by Crippen LogP contribution is -2.47. The molecule has 0 spiro atoms. The second-order valence-corrected chi connectivity index (χ2v) is 6.58. The van der Waals surface area contributed by atoms with Crippen molar-refractivity contribution >= 4 is 22.6 Å². The number of benzene rings is 1. The molecule has 0 saturated heterocycles. The van der Waals surface area contributed by atoms with Crippen LogP contribution in [0.25, 0.3) is 10.8 Å². The highest BCUT2D eigenvalue weighted by atomic mass is 16.5. The van der Waals surface area contributed by atoms with Gasteiger partial charge in [0.25, 0.3) is 11.5 Å². The first-order valence-electron chi connectivity index (χ1n) is 8.37. The van der Waals surface area contributed by atoms with Gasteiger partial charge in [0.05, 0.1) is 0 Å². The zero-order chi connectivity index (χ0) is 18.7. The fraction of sp³-hybridized carbons (Fsp3) is 0.421. The Balaban J connectivity index is 2.21. The molecule has 0 saturated carbocycles. The molecule has 1 heterocycles.